The van der Waals surface area contributed by atoms with Crippen molar-refractivity contribution in [2.75, 3.05) is 33.3 Å². The molecule has 1 amide bonds. The van der Waals surface area contributed by atoms with E-state index in [-0.39, 0.29) is 5.92 Å². The van der Waals surface area contributed by atoms with E-state index in [4.69, 9.17) is 29.3 Å². The summed E-state index contributed by atoms with van der Waals surface area (Å²) in [5, 5.41) is 14.8. The molecule has 2 aliphatic rings. The summed E-state index contributed by atoms with van der Waals surface area (Å²) in [7, 11) is 1.69. The molecule has 2 heterocycles. The van der Waals surface area contributed by atoms with Crippen molar-refractivity contribution in [1.82, 2.24) is 9.80 Å². The molecule has 2 aromatic carbocycles. The predicted molar refractivity (Wildman–Crippen MR) is 142 cm³/mol. The van der Waals surface area contributed by atoms with E-state index in [1.54, 1.807) is 7.11 Å². The summed E-state index contributed by atoms with van der Waals surface area (Å²) in [4.78, 5) is 35.7. The van der Waals surface area contributed by atoms with Gasteiger partial charge in [0.05, 0.1) is 7.11 Å². The number of methoxy groups -OCH3 is 1. The van der Waals surface area contributed by atoms with E-state index < -0.39 is 11.9 Å². The van der Waals surface area contributed by atoms with Gasteiger partial charge < -0.3 is 24.6 Å². The number of amides is 1. The number of aliphatic carboxylic acids is 2. The van der Waals surface area contributed by atoms with Crippen LogP contribution in [0.2, 0.25) is 0 Å². The van der Waals surface area contributed by atoms with Gasteiger partial charge in [-0.3, -0.25) is 9.69 Å². The predicted octanol–water partition coefficient (Wildman–Crippen LogP) is 3.90. The monoisotopic (exact) mass is 526 g/mol. The highest BCUT2D eigenvalue weighted by Crippen LogP contribution is 2.30. The van der Waals surface area contributed by atoms with Gasteiger partial charge in [0.15, 0.2) is 11.5 Å². The van der Waals surface area contributed by atoms with Crippen LogP contribution in [0.5, 0.6) is 11.5 Å². The summed E-state index contributed by atoms with van der Waals surface area (Å²) in [6.07, 6.45) is 4.32. The van der Waals surface area contributed by atoms with Crippen LogP contribution in [0.25, 0.3) is 0 Å². The second-order valence-electron chi connectivity index (χ2n) is 9.95. The lowest BCUT2D eigenvalue weighted by Crippen LogP contribution is -2.45. The van der Waals surface area contributed by atoms with Crippen LogP contribution in [0.4, 0.5) is 0 Å². The van der Waals surface area contributed by atoms with Crippen molar-refractivity contribution >= 4 is 17.8 Å². The Bertz CT molecular complexity index is 1060. The number of carbonyl (C=O) groups is 3. The number of carboxylic acids is 2. The third-order valence-corrected chi connectivity index (χ3v) is 6.96. The number of likely N-dealkylation sites (tertiary alicyclic amines) is 2. The molecule has 9 heteroatoms. The lowest BCUT2D eigenvalue weighted by atomic mass is 9.92. The number of rotatable bonds is 7. The van der Waals surface area contributed by atoms with Crippen molar-refractivity contribution in [2.45, 2.75) is 45.8 Å². The summed E-state index contributed by atoms with van der Waals surface area (Å²) in [6.45, 7) is 7.47. The van der Waals surface area contributed by atoms with Gasteiger partial charge in [0.2, 0.25) is 5.91 Å². The molecule has 2 aliphatic heterocycles. The van der Waals surface area contributed by atoms with Crippen LogP contribution in [0, 0.1) is 11.8 Å². The number of benzene rings is 2. The standard InChI is InChI=1S/C27H36N2O3.C2H2O4/c1-21-7-6-14-29(18-21)27(30)24-12-15-28(16-13-24)19-23-10-11-25(26(17-23)31-2)32-20-22-8-4-3-5-9-22;3-1(4)2(5)6/h3-5,8-11,17,21,24H,6-7,12-16,18-20H2,1-2H3;(H,3,4)(H,5,6). The van der Waals surface area contributed by atoms with E-state index in [0.717, 1.165) is 69.0 Å². The maximum Gasteiger partial charge on any atom is 0.414 e. The van der Waals surface area contributed by atoms with Crippen LogP contribution < -0.4 is 9.47 Å². The molecule has 2 fully saturated rings. The van der Waals surface area contributed by atoms with Gasteiger partial charge in [-0.2, -0.15) is 0 Å². The van der Waals surface area contributed by atoms with Crippen molar-refractivity contribution in [1.29, 1.82) is 0 Å². The van der Waals surface area contributed by atoms with Crippen LogP contribution in [0.3, 0.4) is 0 Å². The van der Waals surface area contributed by atoms with Gasteiger partial charge in [0.1, 0.15) is 6.61 Å². The van der Waals surface area contributed by atoms with Gasteiger partial charge in [0.25, 0.3) is 0 Å². The van der Waals surface area contributed by atoms with E-state index in [0.29, 0.717) is 18.4 Å². The first kappa shape index (κ1) is 29.0. The number of carbonyl (C=O) groups excluding carboxylic acids is 1. The zero-order valence-electron chi connectivity index (χ0n) is 22.2. The first-order chi connectivity index (χ1) is 18.3. The third kappa shape index (κ3) is 8.76. The second kappa shape index (κ2) is 14.4. The molecule has 4 rings (SSSR count). The topological polar surface area (TPSA) is 117 Å². The first-order valence-electron chi connectivity index (χ1n) is 13.1. The largest absolute Gasteiger partial charge is 0.493 e. The molecule has 0 aliphatic carbocycles. The fourth-order valence-electron chi connectivity index (χ4n) is 4.91. The quantitative estimate of drug-likeness (QED) is 0.522. The van der Waals surface area contributed by atoms with Crippen molar-refractivity contribution in [2.24, 2.45) is 11.8 Å². The van der Waals surface area contributed by atoms with E-state index in [9.17, 15) is 4.79 Å². The number of piperidine rings is 2. The lowest BCUT2D eigenvalue weighted by Gasteiger charge is -2.37. The Morgan fingerprint density at radius 3 is 2.18 bits per heavy atom. The van der Waals surface area contributed by atoms with Crippen molar-refractivity contribution < 1.29 is 34.1 Å². The molecule has 0 saturated carbocycles. The van der Waals surface area contributed by atoms with E-state index in [1.807, 2.05) is 24.3 Å². The van der Waals surface area contributed by atoms with Crippen LogP contribution in [0.15, 0.2) is 48.5 Å². The highest BCUT2D eigenvalue weighted by Gasteiger charge is 2.30. The molecular formula is C29H38N2O7. The zero-order chi connectivity index (χ0) is 27.5. The number of ether oxygens (including phenoxy) is 2. The Balaban J connectivity index is 0.000000599. The molecule has 0 bridgehead atoms. The minimum Gasteiger partial charge on any atom is -0.493 e. The Morgan fingerprint density at radius 1 is 0.895 bits per heavy atom. The zero-order valence-corrected chi connectivity index (χ0v) is 22.2. The number of hydrogen-bond donors (Lipinski definition) is 2. The van der Waals surface area contributed by atoms with Gasteiger partial charge in [-0.25, -0.2) is 9.59 Å². The first-order valence-corrected chi connectivity index (χ1v) is 13.1. The maximum atomic E-state index is 12.9. The average molecular weight is 527 g/mol. The average Bonchev–Trinajstić information content (AvgIpc) is 2.93. The molecular weight excluding hydrogens is 488 g/mol. The van der Waals surface area contributed by atoms with Crippen LogP contribution >= 0.6 is 0 Å². The SMILES string of the molecule is COc1cc(CN2CCC(C(=O)N3CCCC(C)C3)CC2)ccc1OCc1ccccc1.O=C(O)C(=O)O. The third-order valence-electron chi connectivity index (χ3n) is 6.96. The van der Waals surface area contributed by atoms with Crippen molar-refractivity contribution in [3.05, 3.63) is 59.7 Å². The summed E-state index contributed by atoms with van der Waals surface area (Å²) < 4.78 is 11.6. The van der Waals surface area contributed by atoms with Gasteiger partial charge in [-0.1, -0.05) is 43.3 Å². The fraction of sp³-hybridized carbons (Fsp3) is 0.483. The number of hydrogen-bond acceptors (Lipinski definition) is 6. The molecule has 2 saturated heterocycles. The van der Waals surface area contributed by atoms with Crippen LogP contribution in [-0.4, -0.2) is 71.1 Å². The van der Waals surface area contributed by atoms with E-state index in [1.165, 1.54) is 12.0 Å². The summed E-state index contributed by atoms with van der Waals surface area (Å²) in [6, 6.07) is 16.4. The molecule has 0 spiro atoms. The lowest BCUT2D eigenvalue weighted by molar-refractivity contribution is -0.159. The Morgan fingerprint density at radius 2 is 1.58 bits per heavy atom. The Labute approximate surface area is 224 Å². The van der Waals surface area contributed by atoms with E-state index in [2.05, 4.69) is 41.0 Å². The van der Waals surface area contributed by atoms with Gasteiger partial charge >= 0.3 is 11.9 Å². The molecule has 38 heavy (non-hydrogen) atoms. The van der Waals surface area contributed by atoms with Crippen LogP contribution in [0.1, 0.15) is 43.7 Å². The van der Waals surface area contributed by atoms with E-state index >= 15 is 0 Å². The number of nitrogens with zero attached hydrogens (tertiary/aromatic N) is 2. The molecule has 2 aromatic rings. The fourth-order valence-corrected chi connectivity index (χ4v) is 4.91. The molecule has 1 unspecified atom stereocenters. The molecule has 1 atom stereocenters. The van der Waals surface area contributed by atoms with Gasteiger partial charge in [0, 0.05) is 25.6 Å². The maximum absolute atomic E-state index is 12.9. The van der Waals surface area contributed by atoms with Crippen molar-refractivity contribution in [3.63, 3.8) is 0 Å². The number of carboxylic acid groups (broad SMARTS) is 2. The Kier molecular flexibility index (Phi) is 11.0. The minimum atomic E-state index is -1.82. The second-order valence-corrected chi connectivity index (χ2v) is 9.95. The Hall–Kier alpha value is -3.59. The summed E-state index contributed by atoms with van der Waals surface area (Å²) in [5.74, 6) is -0.895. The highest BCUT2D eigenvalue weighted by molar-refractivity contribution is 6.27. The molecule has 0 radical (unpaired) electrons. The summed E-state index contributed by atoms with van der Waals surface area (Å²) >= 11 is 0. The summed E-state index contributed by atoms with van der Waals surface area (Å²) in [5.41, 5.74) is 2.35. The normalized spacial score (nSPS) is 18.2. The molecule has 0 aromatic heterocycles. The molecule has 2 N–H and O–H groups in total. The highest BCUT2D eigenvalue weighted by atomic mass is 16.5. The van der Waals surface area contributed by atoms with Gasteiger partial charge in [-0.05, 0) is 68.0 Å². The van der Waals surface area contributed by atoms with Crippen molar-refractivity contribution in [3.8, 4) is 11.5 Å². The molecule has 9 nitrogen and oxygen atoms in total. The smallest absolute Gasteiger partial charge is 0.414 e. The van der Waals surface area contributed by atoms with Gasteiger partial charge in [-0.15, -0.1) is 0 Å². The molecule has 206 valence electrons. The van der Waals surface area contributed by atoms with Crippen LogP contribution in [-0.2, 0) is 27.5 Å². The minimum absolute atomic E-state index is 0.194.